The van der Waals surface area contributed by atoms with Crippen LogP contribution in [0.2, 0.25) is 0 Å². The Bertz CT molecular complexity index is 526. The third-order valence-corrected chi connectivity index (χ3v) is 5.21. The van der Waals surface area contributed by atoms with Crippen LogP contribution in [-0.4, -0.2) is 6.04 Å². The number of hydrogen-bond acceptors (Lipinski definition) is 1. The Labute approximate surface area is 143 Å². The van der Waals surface area contributed by atoms with E-state index in [-0.39, 0.29) is 0 Å². The maximum absolute atomic E-state index is 3.53. The molecule has 2 aromatic rings. The predicted molar refractivity (Wildman–Crippen MR) is 97.3 cm³/mol. The summed E-state index contributed by atoms with van der Waals surface area (Å²) in [7, 11) is 0. The van der Waals surface area contributed by atoms with Crippen LogP contribution in [0.25, 0.3) is 0 Å². The number of halogens is 2. The van der Waals surface area contributed by atoms with Gasteiger partial charge in [0.2, 0.25) is 0 Å². The smallest absolute Gasteiger partial charge is 0.0414 e. The van der Waals surface area contributed by atoms with Crippen molar-refractivity contribution in [3.05, 3.63) is 57.5 Å². The highest BCUT2D eigenvalue weighted by Gasteiger charge is 2.22. The minimum absolute atomic E-state index is 0.612. The van der Waals surface area contributed by atoms with E-state index in [1.54, 1.807) is 0 Å². The number of anilines is 2. The SMILES string of the molecule is Brc1ccc(N(c2ccc(Br)cc2)C2CCCCC2)cc1. The number of nitrogens with zero attached hydrogens (tertiary/aromatic N) is 1. The molecule has 0 N–H and O–H groups in total. The highest BCUT2D eigenvalue weighted by molar-refractivity contribution is 9.10. The van der Waals surface area contributed by atoms with Gasteiger partial charge in [-0.3, -0.25) is 0 Å². The van der Waals surface area contributed by atoms with Crippen LogP contribution in [0.3, 0.4) is 0 Å². The Morgan fingerprint density at radius 1 is 0.667 bits per heavy atom. The van der Waals surface area contributed by atoms with Gasteiger partial charge in [0.1, 0.15) is 0 Å². The van der Waals surface area contributed by atoms with Crippen LogP contribution >= 0.6 is 31.9 Å². The van der Waals surface area contributed by atoms with Crippen LogP contribution in [0.15, 0.2) is 57.5 Å². The van der Waals surface area contributed by atoms with Gasteiger partial charge in [0.15, 0.2) is 0 Å². The molecule has 2 aromatic carbocycles. The summed E-state index contributed by atoms with van der Waals surface area (Å²) in [6.45, 7) is 0. The highest BCUT2D eigenvalue weighted by atomic mass is 79.9. The van der Waals surface area contributed by atoms with E-state index >= 15 is 0 Å². The second kappa shape index (κ2) is 6.97. The molecule has 0 amide bonds. The average Bonchev–Trinajstić information content (AvgIpc) is 2.52. The number of hydrogen-bond donors (Lipinski definition) is 0. The molecule has 1 aliphatic rings. The molecule has 0 spiro atoms. The zero-order valence-electron chi connectivity index (χ0n) is 11.9. The maximum Gasteiger partial charge on any atom is 0.0414 e. The monoisotopic (exact) mass is 407 g/mol. The highest BCUT2D eigenvalue weighted by Crippen LogP contribution is 2.35. The van der Waals surface area contributed by atoms with E-state index < -0.39 is 0 Å². The van der Waals surface area contributed by atoms with Gasteiger partial charge < -0.3 is 4.90 Å². The summed E-state index contributed by atoms with van der Waals surface area (Å²) in [5.74, 6) is 0. The third kappa shape index (κ3) is 3.70. The van der Waals surface area contributed by atoms with Crippen molar-refractivity contribution in [1.82, 2.24) is 0 Å². The maximum atomic E-state index is 3.53. The van der Waals surface area contributed by atoms with Crippen LogP contribution in [0, 0.1) is 0 Å². The summed E-state index contributed by atoms with van der Waals surface area (Å²) in [5.41, 5.74) is 2.57. The minimum Gasteiger partial charge on any atom is -0.338 e. The quantitative estimate of drug-likeness (QED) is 0.547. The lowest BCUT2D eigenvalue weighted by Crippen LogP contribution is -2.32. The van der Waals surface area contributed by atoms with Gasteiger partial charge in [0.05, 0.1) is 0 Å². The van der Waals surface area contributed by atoms with Crippen molar-refractivity contribution in [2.24, 2.45) is 0 Å². The summed E-state index contributed by atoms with van der Waals surface area (Å²) in [6.07, 6.45) is 6.63. The molecule has 1 nitrogen and oxygen atoms in total. The standard InChI is InChI=1S/C18H19Br2N/c19-14-6-10-17(11-7-14)21(16-4-2-1-3-5-16)18-12-8-15(20)9-13-18/h6-13,16H,1-5H2. The molecule has 0 atom stereocenters. The summed E-state index contributed by atoms with van der Waals surface area (Å²) in [5, 5.41) is 0. The van der Waals surface area contributed by atoms with Gasteiger partial charge >= 0.3 is 0 Å². The van der Waals surface area contributed by atoms with Crippen LogP contribution < -0.4 is 4.90 Å². The first-order valence-electron chi connectivity index (χ1n) is 7.54. The molecule has 110 valence electrons. The van der Waals surface area contributed by atoms with Crippen molar-refractivity contribution in [3.8, 4) is 0 Å². The molecular formula is C18H19Br2N. The van der Waals surface area contributed by atoms with Crippen molar-refractivity contribution < 1.29 is 0 Å². The topological polar surface area (TPSA) is 3.24 Å². The van der Waals surface area contributed by atoms with Gasteiger partial charge in [0, 0.05) is 26.4 Å². The summed E-state index contributed by atoms with van der Waals surface area (Å²) in [4.78, 5) is 2.51. The Morgan fingerprint density at radius 2 is 1.10 bits per heavy atom. The fourth-order valence-electron chi connectivity index (χ4n) is 3.11. The first-order chi connectivity index (χ1) is 10.2. The van der Waals surface area contributed by atoms with E-state index in [1.165, 1.54) is 43.5 Å². The van der Waals surface area contributed by atoms with Crippen LogP contribution in [0.1, 0.15) is 32.1 Å². The summed E-state index contributed by atoms with van der Waals surface area (Å²) in [6, 6.07) is 18.0. The molecular weight excluding hydrogens is 390 g/mol. The lowest BCUT2D eigenvalue weighted by molar-refractivity contribution is 0.436. The second-order valence-corrected chi connectivity index (χ2v) is 7.45. The van der Waals surface area contributed by atoms with E-state index in [0.717, 1.165) is 8.95 Å². The van der Waals surface area contributed by atoms with E-state index in [0.29, 0.717) is 6.04 Å². The summed E-state index contributed by atoms with van der Waals surface area (Å²) >= 11 is 7.06. The Balaban J connectivity index is 1.97. The molecule has 0 heterocycles. The van der Waals surface area contributed by atoms with Gasteiger partial charge in [-0.05, 0) is 61.4 Å². The second-order valence-electron chi connectivity index (χ2n) is 5.61. The van der Waals surface area contributed by atoms with Crippen LogP contribution in [-0.2, 0) is 0 Å². The van der Waals surface area contributed by atoms with Gasteiger partial charge in [-0.2, -0.15) is 0 Å². The largest absolute Gasteiger partial charge is 0.338 e. The first kappa shape index (κ1) is 15.1. The van der Waals surface area contributed by atoms with Crippen LogP contribution in [0.5, 0.6) is 0 Å². The molecule has 0 saturated heterocycles. The molecule has 1 saturated carbocycles. The Kier molecular flexibility index (Phi) is 5.02. The van der Waals surface area contributed by atoms with E-state index in [9.17, 15) is 0 Å². The predicted octanol–water partition coefficient (Wildman–Crippen LogP) is 6.68. The normalized spacial score (nSPS) is 15.9. The molecule has 0 aromatic heterocycles. The molecule has 0 aliphatic heterocycles. The van der Waals surface area contributed by atoms with Gasteiger partial charge in [-0.15, -0.1) is 0 Å². The summed E-state index contributed by atoms with van der Waals surface area (Å²) < 4.78 is 2.26. The number of rotatable bonds is 3. The Hall–Kier alpha value is -0.800. The van der Waals surface area contributed by atoms with Crippen molar-refractivity contribution in [2.75, 3.05) is 4.90 Å². The Morgan fingerprint density at radius 3 is 1.52 bits per heavy atom. The minimum atomic E-state index is 0.612. The molecule has 3 rings (SSSR count). The molecule has 0 unspecified atom stereocenters. The van der Waals surface area contributed by atoms with E-state index in [1.807, 2.05) is 0 Å². The molecule has 1 aliphatic carbocycles. The van der Waals surface area contributed by atoms with Crippen molar-refractivity contribution in [1.29, 1.82) is 0 Å². The van der Waals surface area contributed by atoms with Gasteiger partial charge in [-0.25, -0.2) is 0 Å². The average molecular weight is 409 g/mol. The zero-order valence-corrected chi connectivity index (χ0v) is 15.1. The van der Waals surface area contributed by atoms with Crippen molar-refractivity contribution in [3.63, 3.8) is 0 Å². The molecule has 1 fully saturated rings. The van der Waals surface area contributed by atoms with E-state index in [2.05, 4.69) is 85.3 Å². The first-order valence-corrected chi connectivity index (χ1v) is 9.13. The van der Waals surface area contributed by atoms with E-state index in [4.69, 9.17) is 0 Å². The fourth-order valence-corrected chi connectivity index (χ4v) is 3.64. The molecule has 21 heavy (non-hydrogen) atoms. The lowest BCUT2D eigenvalue weighted by atomic mass is 9.93. The molecule has 0 radical (unpaired) electrons. The third-order valence-electron chi connectivity index (χ3n) is 4.15. The fraction of sp³-hybridized carbons (Fsp3) is 0.333. The van der Waals surface area contributed by atoms with Crippen molar-refractivity contribution in [2.45, 2.75) is 38.1 Å². The van der Waals surface area contributed by atoms with Crippen molar-refractivity contribution >= 4 is 43.2 Å². The number of benzene rings is 2. The zero-order chi connectivity index (χ0) is 14.7. The van der Waals surface area contributed by atoms with Gasteiger partial charge in [0.25, 0.3) is 0 Å². The lowest BCUT2D eigenvalue weighted by Gasteiger charge is -2.36. The van der Waals surface area contributed by atoms with Gasteiger partial charge in [-0.1, -0.05) is 51.1 Å². The molecule has 0 bridgehead atoms. The molecule has 3 heteroatoms. The van der Waals surface area contributed by atoms with Crippen LogP contribution in [0.4, 0.5) is 11.4 Å².